The average molecular weight is 218 g/mol. The van der Waals surface area contributed by atoms with Crippen molar-refractivity contribution in [3.05, 3.63) is 30.3 Å². The molecule has 0 bridgehead atoms. The van der Waals surface area contributed by atoms with E-state index in [1.807, 2.05) is 6.07 Å². The van der Waals surface area contributed by atoms with Crippen LogP contribution in [0.4, 0.5) is 5.69 Å². The molecule has 1 saturated heterocycles. The molecule has 3 nitrogen and oxygen atoms in total. The largest absolute Gasteiger partial charge is 0.367 e. The number of nitrogens with zero attached hydrogens (tertiary/aromatic N) is 1. The van der Waals surface area contributed by atoms with Gasteiger partial charge >= 0.3 is 0 Å². The summed E-state index contributed by atoms with van der Waals surface area (Å²) in [4.78, 5) is 13.3. The van der Waals surface area contributed by atoms with Crippen molar-refractivity contribution in [1.29, 1.82) is 0 Å². The van der Waals surface area contributed by atoms with Gasteiger partial charge in [0, 0.05) is 31.7 Å². The predicted octanol–water partition coefficient (Wildman–Crippen LogP) is 1.79. The van der Waals surface area contributed by atoms with Crippen molar-refractivity contribution in [3.8, 4) is 0 Å². The summed E-state index contributed by atoms with van der Waals surface area (Å²) in [7, 11) is 0. The maximum Gasteiger partial charge on any atom is 0.216 e. The molecule has 1 heterocycles. The molecule has 1 amide bonds. The standard InChI is InChI=1S/C13H18N2O/c1-11(16)14-10-13-8-5-9-15(13)12-6-3-2-4-7-12/h2-4,6-7,13H,5,8-10H2,1H3,(H,14,16). The zero-order chi connectivity index (χ0) is 11.4. The van der Waals surface area contributed by atoms with Gasteiger partial charge in [0.05, 0.1) is 0 Å². The van der Waals surface area contributed by atoms with Gasteiger partial charge in [-0.25, -0.2) is 0 Å². The summed E-state index contributed by atoms with van der Waals surface area (Å²) in [6, 6.07) is 10.9. The highest BCUT2D eigenvalue weighted by molar-refractivity contribution is 5.72. The first-order valence-electron chi connectivity index (χ1n) is 5.83. The molecule has 1 unspecified atom stereocenters. The molecular formula is C13H18N2O. The number of amides is 1. The smallest absolute Gasteiger partial charge is 0.216 e. The fourth-order valence-corrected chi connectivity index (χ4v) is 2.27. The van der Waals surface area contributed by atoms with E-state index in [-0.39, 0.29) is 5.91 Å². The summed E-state index contributed by atoms with van der Waals surface area (Å²) in [5.74, 6) is 0.0555. The summed E-state index contributed by atoms with van der Waals surface area (Å²) in [5, 5.41) is 2.91. The van der Waals surface area contributed by atoms with Gasteiger partial charge in [0.1, 0.15) is 0 Å². The van der Waals surface area contributed by atoms with Gasteiger partial charge in [-0.15, -0.1) is 0 Å². The molecule has 1 aliphatic heterocycles. The molecule has 1 atom stereocenters. The van der Waals surface area contributed by atoms with Crippen LogP contribution in [0.3, 0.4) is 0 Å². The van der Waals surface area contributed by atoms with Crippen LogP contribution in [-0.2, 0) is 4.79 Å². The Morgan fingerprint density at radius 3 is 2.88 bits per heavy atom. The molecule has 1 N–H and O–H groups in total. The topological polar surface area (TPSA) is 32.3 Å². The van der Waals surface area contributed by atoms with Crippen molar-refractivity contribution in [3.63, 3.8) is 0 Å². The first kappa shape index (κ1) is 11.0. The van der Waals surface area contributed by atoms with Gasteiger partial charge < -0.3 is 10.2 Å². The number of anilines is 1. The predicted molar refractivity (Wildman–Crippen MR) is 65.5 cm³/mol. The number of hydrogen-bond acceptors (Lipinski definition) is 2. The molecule has 2 rings (SSSR count). The van der Waals surface area contributed by atoms with Gasteiger partial charge in [-0.2, -0.15) is 0 Å². The molecule has 0 aromatic heterocycles. The Hall–Kier alpha value is -1.51. The summed E-state index contributed by atoms with van der Waals surface area (Å²) in [6.45, 7) is 3.42. The second-order valence-electron chi connectivity index (χ2n) is 4.26. The molecule has 16 heavy (non-hydrogen) atoms. The molecule has 0 saturated carbocycles. The zero-order valence-electron chi connectivity index (χ0n) is 9.65. The molecular weight excluding hydrogens is 200 g/mol. The minimum Gasteiger partial charge on any atom is -0.367 e. The maximum absolute atomic E-state index is 10.9. The van der Waals surface area contributed by atoms with Crippen molar-refractivity contribution in [1.82, 2.24) is 5.32 Å². The van der Waals surface area contributed by atoms with E-state index in [9.17, 15) is 4.79 Å². The van der Waals surface area contributed by atoms with Crippen molar-refractivity contribution in [2.24, 2.45) is 0 Å². The van der Waals surface area contributed by atoms with Crippen LogP contribution in [0.1, 0.15) is 19.8 Å². The third kappa shape index (κ3) is 2.54. The molecule has 1 aromatic rings. The summed E-state index contributed by atoms with van der Waals surface area (Å²) in [6.07, 6.45) is 2.37. The highest BCUT2D eigenvalue weighted by atomic mass is 16.1. The summed E-state index contributed by atoms with van der Waals surface area (Å²) < 4.78 is 0. The molecule has 1 fully saturated rings. The average Bonchev–Trinajstić information content (AvgIpc) is 2.75. The van der Waals surface area contributed by atoms with E-state index in [1.54, 1.807) is 6.92 Å². The lowest BCUT2D eigenvalue weighted by atomic mass is 10.2. The van der Waals surface area contributed by atoms with Crippen LogP contribution in [0, 0.1) is 0 Å². The number of rotatable bonds is 3. The number of benzene rings is 1. The third-order valence-corrected chi connectivity index (χ3v) is 3.05. The van der Waals surface area contributed by atoms with Gasteiger partial charge in [-0.05, 0) is 25.0 Å². The molecule has 0 aliphatic carbocycles. The Kier molecular flexibility index (Phi) is 3.44. The van der Waals surface area contributed by atoms with Crippen LogP contribution < -0.4 is 10.2 Å². The Bertz CT molecular complexity index is 350. The number of hydrogen-bond donors (Lipinski definition) is 1. The Labute approximate surface area is 96.5 Å². The molecule has 3 heteroatoms. The minimum atomic E-state index is 0.0555. The fraction of sp³-hybridized carbons (Fsp3) is 0.462. The zero-order valence-corrected chi connectivity index (χ0v) is 9.65. The summed E-state index contributed by atoms with van der Waals surface area (Å²) in [5.41, 5.74) is 1.26. The molecule has 1 aliphatic rings. The Balaban J connectivity index is 2.01. The van der Waals surface area contributed by atoms with E-state index in [4.69, 9.17) is 0 Å². The van der Waals surface area contributed by atoms with Crippen LogP contribution in [0.15, 0.2) is 30.3 Å². The van der Waals surface area contributed by atoms with Gasteiger partial charge in [-0.3, -0.25) is 4.79 Å². The molecule has 86 valence electrons. The second kappa shape index (κ2) is 5.01. The first-order valence-corrected chi connectivity index (χ1v) is 5.83. The number of nitrogens with one attached hydrogen (secondary N) is 1. The van der Waals surface area contributed by atoms with Gasteiger partial charge in [-0.1, -0.05) is 18.2 Å². The number of para-hydroxylation sites is 1. The van der Waals surface area contributed by atoms with Gasteiger partial charge in [0.2, 0.25) is 5.91 Å². The lowest BCUT2D eigenvalue weighted by Gasteiger charge is -2.26. The summed E-state index contributed by atoms with van der Waals surface area (Å²) >= 11 is 0. The highest BCUT2D eigenvalue weighted by Gasteiger charge is 2.24. The van der Waals surface area contributed by atoms with Crippen molar-refractivity contribution < 1.29 is 4.79 Å². The third-order valence-electron chi connectivity index (χ3n) is 3.05. The van der Waals surface area contributed by atoms with E-state index in [0.717, 1.165) is 19.5 Å². The Morgan fingerprint density at radius 1 is 1.44 bits per heavy atom. The Morgan fingerprint density at radius 2 is 2.19 bits per heavy atom. The lowest BCUT2D eigenvalue weighted by molar-refractivity contribution is -0.119. The normalized spacial score (nSPS) is 19.8. The van der Waals surface area contributed by atoms with E-state index in [2.05, 4.69) is 34.5 Å². The quantitative estimate of drug-likeness (QED) is 0.839. The van der Waals surface area contributed by atoms with Crippen LogP contribution in [0.25, 0.3) is 0 Å². The van der Waals surface area contributed by atoms with E-state index in [0.29, 0.717) is 6.04 Å². The highest BCUT2D eigenvalue weighted by Crippen LogP contribution is 2.24. The monoisotopic (exact) mass is 218 g/mol. The minimum absolute atomic E-state index is 0.0555. The van der Waals surface area contributed by atoms with Crippen LogP contribution in [0.2, 0.25) is 0 Å². The lowest BCUT2D eigenvalue weighted by Crippen LogP contribution is -2.39. The van der Waals surface area contributed by atoms with E-state index >= 15 is 0 Å². The molecule has 0 radical (unpaired) electrons. The van der Waals surface area contributed by atoms with Crippen LogP contribution in [-0.4, -0.2) is 25.0 Å². The van der Waals surface area contributed by atoms with Crippen LogP contribution >= 0.6 is 0 Å². The van der Waals surface area contributed by atoms with E-state index in [1.165, 1.54) is 12.1 Å². The van der Waals surface area contributed by atoms with Gasteiger partial charge in [0.25, 0.3) is 0 Å². The van der Waals surface area contributed by atoms with Crippen molar-refractivity contribution >= 4 is 11.6 Å². The number of carbonyl (C=O) groups is 1. The van der Waals surface area contributed by atoms with E-state index < -0.39 is 0 Å². The van der Waals surface area contributed by atoms with Crippen molar-refractivity contribution in [2.45, 2.75) is 25.8 Å². The maximum atomic E-state index is 10.9. The van der Waals surface area contributed by atoms with Crippen molar-refractivity contribution in [2.75, 3.05) is 18.0 Å². The molecule has 0 spiro atoms. The fourth-order valence-electron chi connectivity index (χ4n) is 2.27. The number of carbonyl (C=O) groups excluding carboxylic acids is 1. The van der Waals surface area contributed by atoms with Gasteiger partial charge in [0.15, 0.2) is 0 Å². The first-order chi connectivity index (χ1) is 7.77. The van der Waals surface area contributed by atoms with Crippen LogP contribution in [0.5, 0.6) is 0 Å². The SMILES string of the molecule is CC(=O)NCC1CCCN1c1ccccc1. The molecule has 1 aromatic carbocycles. The second-order valence-corrected chi connectivity index (χ2v) is 4.26.